The van der Waals surface area contributed by atoms with Gasteiger partial charge >= 0.3 is 6.03 Å². The Morgan fingerprint density at radius 1 is 1.45 bits per heavy atom. The quantitative estimate of drug-likeness (QED) is 0.833. The normalized spacial score (nSPS) is 30.1. The largest absolute Gasteiger partial charge is 0.330 e. The van der Waals surface area contributed by atoms with E-state index in [0.29, 0.717) is 19.5 Å². The minimum absolute atomic E-state index is 0.0557. The number of nitrogens with one attached hydrogen (secondary N) is 1. The minimum Gasteiger partial charge on any atom is -0.330 e. The zero-order valence-corrected chi connectivity index (χ0v) is 12.1. The Labute approximate surface area is 122 Å². The van der Waals surface area contributed by atoms with Crippen LogP contribution in [-0.2, 0) is 11.3 Å². The topological polar surface area (TPSA) is 75.4 Å². The van der Waals surface area contributed by atoms with Crippen LogP contribution >= 0.6 is 11.3 Å². The molecule has 0 aromatic carbocycles. The molecule has 2 heterocycles. The van der Waals surface area contributed by atoms with Gasteiger partial charge in [-0.05, 0) is 41.8 Å². The fraction of sp³-hybridized carbons (Fsp3) is 0.571. The summed E-state index contributed by atoms with van der Waals surface area (Å²) in [5, 5.41) is 6.86. The number of nitrogens with zero attached hydrogens (tertiary/aromatic N) is 1. The molecule has 20 heavy (non-hydrogen) atoms. The molecule has 1 aromatic heterocycles. The van der Waals surface area contributed by atoms with Gasteiger partial charge in [-0.3, -0.25) is 9.69 Å². The second kappa shape index (κ2) is 5.18. The van der Waals surface area contributed by atoms with Gasteiger partial charge in [0.25, 0.3) is 5.91 Å². The van der Waals surface area contributed by atoms with Crippen molar-refractivity contribution >= 4 is 23.3 Å². The van der Waals surface area contributed by atoms with Gasteiger partial charge in [-0.15, -0.1) is 0 Å². The summed E-state index contributed by atoms with van der Waals surface area (Å²) >= 11 is 1.57. The van der Waals surface area contributed by atoms with Crippen LogP contribution in [0.3, 0.4) is 0 Å². The molecule has 2 aliphatic rings. The summed E-state index contributed by atoms with van der Waals surface area (Å²) < 4.78 is 0. The average molecular weight is 293 g/mol. The Hall–Kier alpha value is -1.40. The number of hydrogen-bond donors (Lipinski definition) is 2. The third-order valence-corrected chi connectivity index (χ3v) is 5.21. The summed E-state index contributed by atoms with van der Waals surface area (Å²) in [6.45, 7) is 0.797. The molecule has 1 aromatic rings. The van der Waals surface area contributed by atoms with Gasteiger partial charge in [0.2, 0.25) is 0 Å². The van der Waals surface area contributed by atoms with Gasteiger partial charge in [-0.1, -0.05) is 12.8 Å². The van der Waals surface area contributed by atoms with Crippen molar-refractivity contribution < 1.29 is 9.59 Å². The van der Waals surface area contributed by atoms with Crippen molar-refractivity contribution in [2.24, 2.45) is 11.7 Å². The summed E-state index contributed by atoms with van der Waals surface area (Å²) in [5.74, 6) is -0.0379. The lowest BCUT2D eigenvalue weighted by Gasteiger charge is -2.38. The molecule has 1 saturated carbocycles. The van der Waals surface area contributed by atoms with E-state index in [-0.39, 0.29) is 17.9 Å². The van der Waals surface area contributed by atoms with Crippen LogP contribution in [0.25, 0.3) is 0 Å². The first-order valence-electron chi connectivity index (χ1n) is 7.02. The van der Waals surface area contributed by atoms with E-state index in [1.54, 1.807) is 11.3 Å². The Kier molecular flexibility index (Phi) is 3.52. The zero-order valence-electron chi connectivity index (χ0n) is 11.3. The lowest BCUT2D eigenvalue weighted by atomic mass is 9.72. The number of hydrogen-bond acceptors (Lipinski definition) is 4. The van der Waals surface area contributed by atoms with Crippen molar-refractivity contribution in [3.05, 3.63) is 22.4 Å². The summed E-state index contributed by atoms with van der Waals surface area (Å²) in [4.78, 5) is 26.3. The van der Waals surface area contributed by atoms with E-state index in [2.05, 4.69) is 5.32 Å². The first kappa shape index (κ1) is 13.6. The third kappa shape index (κ3) is 2.03. The number of rotatable bonds is 3. The predicted octanol–water partition coefficient (Wildman–Crippen LogP) is 1.69. The Morgan fingerprint density at radius 3 is 3.00 bits per heavy atom. The van der Waals surface area contributed by atoms with Gasteiger partial charge in [-0.2, -0.15) is 11.3 Å². The smallest absolute Gasteiger partial charge is 0.325 e. The molecule has 1 aliphatic carbocycles. The molecule has 0 bridgehead atoms. The second-order valence-corrected chi connectivity index (χ2v) is 6.38. The van der Waals surface area contributed by atoms with E-state index in [0.717, 1.165) is 24.8 Å². The monoisotopic (exact) mass is 293 g/mol. The third-order valence-electron chi connectivity index (χ3n) is 4.48. The molecule has 6 heteroatoms. The number of carbonyl (C=O) groups excluding carboxylic acids is 2. The standard InChI is InChI=1S/C14H19N3O2S/c15-7-11-3-1-2-5-14(11)12(18)17(13(19)16-14)8-10-4-6-20-9-10/h4,6,9,11H,1-3,5,7-8,15H2,(H,16,19). The predicted molar refractivity (Wildman–Crippen MR) is 77.1 cm³/mol. The fourth-order valence-electron chi connectivity index (χ4n) is 3.36. The lowest BCUT2D eigenvalue weighted by Crippen LogP contribution is -2.56. The molecule has 108 valence electrons. The molecule has 2 fully saturated rings. The Bertz CT molecular complexity index is 516. The molecule has 2 atom stereocenters. The molecule has 1 saturated heterocycles. The molecule has 5 nitrogen and oxygen atoms in total. The van der Waals surface area contributed by atoms with Crippen LogP contribution in [0.15, 0.2) is 16.8 Å². The highest BCUT2D eigenvalue weighted by Crippen LogP contribution is 2.38. The van der Waals surface area contributed by atoms with Crippen molar-refractivity contribution in [1.82, 2.24) is 10.2 Å². The van der Waals surface area contributed by atoms with Crippen LogP contribution in [0.5, 0.6) is 0 Å². The van der Waals surface area contributed by atoms with Gasteiger partial charge in [0.1, 0.15) is 5.54 Å². The highest BCUT2D eigenvalue weighted by atomic mass is 32.1. The zero-order chi connectivity index (χ0) is 14.2. The maximum absolute atomic E-state index is 12.8. The van der Waals surface area contributed by atoms with Crippen LogP contribution in [0.1, 0.15) is 31.2 Å². The lowest BCUT2D eigenvalue weighted by molar-refractivity contribution is -0.134. The summed E-state index contributed by atoms with van der Waals surface area (Å²) in [6.07, 6.45) is 3.67. The maximum Gasteiger partial charge on any atom is 0.325 e. The van der Waals surface area contributed by atoms with E-state index in [1.807, 2.05) is 16.8 Å². The second-order valence-electron chi connectivity index (χ2n) is 5.60. The van der Waals surface area contributed by atoms with E-state index >= 15 is 0 Å². The molecule has 3 amide bonds. The molecule has 1 spiro atoms. The number of imide groups is 1. The van der Waals surface area contributed by atoms with Crippen LogP contribution in [0.2, 0.25) is 0 Å². The van der Waals surface area contributed by atoms with Crippen LogP contribution in [0, 0.1) is 5.92 Å². The van der Waals surface area contributed by atoms with E-state index in [1.165, 1.54) is 4.90 Å². The minimum atomic E-state index is -0.750. The van der Waals surface area contributed by atoms with Crippen molar-refractivity contribution in [3.8, 4) is 0 Å². The van der Waals surface area contributed by atoms with Gasteiger partial charge in [-0.25, -0.2) is 4.79 Å². The number of amides is 3. The molecule has 3 rings (SSSR count). The van der Waals surface area contributed by atoms with Crippen molar-refractivity contribution in [2.45, 2.75) is 37.8 Å². The highest BCUT2D eigenvalue weighted by Gasteiger charge is 2.55. The van der Waals surface area contributed by atoms with Gasteiger partial charge < -0.3 is 11.1 Å². The number of urea groups is 1. The number of thiophene rings is 1. The summed E-state index contributed by atoms with van der Waals surface area (Å²) in [6, 6.07) is 1.67. The van der Waals surface area contributed by atoms with Crippen molar-refractivity contribution in [1.29, 1.82) is 0 Å². The first-order chi connectivity index (χ1) is 9.67. The molecule has 2 unspecified atom stereocenters. The fourth-order valence-corrected chi connectivity index (χ4v) is 4.02. The van der Waals surface area contributed by atoms with Crippen molar-refractivity contribution in [2.75, 3.05) is 6.54 Å². The molecular formula is C14H19N3O2S. The van der Waals surface area contributed by atoms with Crippen LogP contribution in [-0.4, -0.2) is 28.9 Å². The van der Waals surface area contributed by atoms with Crippen LogP contribution in [0.4, 0.5) is 4.79 Å². The van der Waals surface area contributed by atoms with Crippen molar-refractivity contribution in [3.63, 3.8) is 0 Å². The average Bonchev–Trinajstić information content (AvgIpc) is 3.04. The van der Waals surface area contributed by atoms with Gasteiger partial charge in [0, 0.05) is 5.92 Å². The maximum atomic E-state index is 12.8. The Morgan fingerprint density at radius 2 is 2.30 bits per heavy atom. The highest BCUT2D eigenvalue weighted by molar-refractivity contribution is 7.07. The van der Waals surface area contributed by atoms with E-state index in [9.17, 15) is 9.59 Å². The van der Waals surface area contributed by atoms with Crippen LogP contribution < -0.4 is 11.1 Å². The first-order valence-corrected chi connectivity index (χ1v) is 7.97. The van der Waals surface area contributed by atoms with Gasteiger partial charge in [0.15, 0.2) is 0 Å². The van der Waals surface area contributed by atoms with E-state index in [4.69, 9.17) is 5.73 Å². The SMILES string of the molecule is NCC1CCCCC12NC(=O)N(Cc1ccsc1)C2=O. The number of nitrogens with two attached hydrogens (primary N) is 1. The summed E-state index contributed by atoms with van der Waals surface area (Å²) in [7, 11) is 0. The molecule has 3 N–H and O–H groups in total. The number of carbonyl (C=O) groups is 2. The Balaban J connectivity index is 1.85. The molecule has 1 aliphatic heterocycles. The van der Waals surface area contributed by atoms with Gasteiger partial charge in [0.05, 0.1) is 6.54 Å². The molecular weight excluding hydrogens is 274 g/mol. The summed E-state index contributed by atoms with van der Waals surface area (Å²) in [5.41, 5.74) is 6.07. The van der Waals surface area contributed by atoms with E-state index < -0.39 is 5.54 Å². The molecule has 0 radical (unpaired) electrons.